The van der Waals surface area contributed by atoms with Gasteiger partial charge in [-0.15, -0.1) is 0 Å². The molecule has 0 saturated carbocycles. The standard InChI is InChI=1S/C31H44N6O2/c1-20(2)37-19-22(4)29-26(30(38)32-18-27-21(3)15-23(5)33-31(27)39)16-25(17-28(29)37)35-9-7-24(8-10-35)36-13-11-34(6)12-14-36/h15-17,19-20,24H,7-14,18H2,1-6H3,(H,32,38)(H,33,39). The molecule has 0 unspecified atom stereocenters. The Labute approximate surface area is 232 Å². The van der Waals surface area contributed by atoms with Crippen LogP contribution in [0.3, 0.4) is 0 Å². The summed E-state index contributed by atoms with van der Waals surface area (Å²) in [6.45, 7) is 17.0. The summed E-state index contributed by atoms with van der Waals surface area (Å²) < 4.78 is 2.27. The summed E-state index contributed by atoms with van der Waals surface area (Å²) in [4.78, 5) is 36.6. The molecule has 2 N–H and O–H groups in total. The summed E-state index contributed by atoms with van der Waals surface area (Å²) in [6, 6.07) is 7.20. The van der Waals surface area contributed by atoms with Crippen molar-refractivity contribution < 1.29 is 4.79 Å². The highest BCUT2D eigenvalue weighted by Crippen LogP contribution is 2.34. The van der Waals surface area contributed by atoms with Gasteiger partial charge in [0.05, 0.1) is 11.1 Å². The minimum Gasteiger partial charge on any atom is -0.371 e. The van der Waals surface area contributed by atoms with Gasteiger partial charge in [0.15, 0.2) is 0 Å². The SMILES string of the molecule is Cc1cc(C)c(CNC(=O)c2cc(N3CCC(N4CCN(C)CC4)CC3)cc3c2c(C)cn3C(C)C)c(=O)[nH]1. The van der Waals surface area contributed by atoms with Crippen LogP contribution >= 0.6 is 0 Å². The Hall–Kier alpha value is -3.10. The monoisotopic (exact) mass is 532 g/mol. The average molecular weight is 533 g/mol. The Bertz CT molecular complexity index is 1400. The van der Waals surface area contributed by atoms with Crippen molar-refractivity contribution in [1.82, 2.24) is 24.7 Å². The molecule has 5 rings (SSSR count). The predicted octanol–water partition coefficient (Wildman–Crippen LogP) is 3.98. The van der Waals surface area contributed by atoms with Crippen molar-refractivity contribution in [2.75, 3.05) is 51.2 Å². The van der Waals surface area contributed by atoms with Crippen molar-refractivity contribution in [3.63, 3.8) is 0 Å². The fourth-order valence-electron chi connectivity index (χ4n) is 6.40. The quantitative estimate of drug-likeness (QED) is 0.502. The minimum absolute atomic E-state index is 0.141. The van der Waals surface area contributed by atoms with E-state index in [4.69, 9.17) is 0 Å². The van der Waals surface area contributed by atoms with Crippen LogP contribution in [0, 0.1) is 20.8 Å². The first-order valence-corrected chi connectivity index (χ1v) is 14.4. The van der Waals surface area contributed by atoms with E-state index in [2.05, 4.69) is 75.7 Å². The maximum Gasteiger partial charge on any atom is 0.253 e. The molecule has 210 valence electrons. The summed E-state index contributed by atoms with van der Waals surface area (Å²) >= 11 is 0. The number of H-pyrrole nitrogens is 1. The lowest BCUT2D eigenvalue weighted by molar-refractivity contribution is 0.0952. The van der Waals surface area contributed by atoms with Gasteiger partial charge in [0, 0.05) is 86.4 Å². The molecule has 2 fully saturated rings. The van der Waals surface area contributed by atoms with Crippen LogP contribution in [0.5, 0.6) is 0 Å². The highest BCUT2D eigenvalue weighted by molar-refractivity contribution is 6.09. The molecule has 0 atom stereocenters. The molecular formula is C31H44N6O2. The zero-order chi connectivity index (χ0) is 27.8. The topological polar surface area (TPSA) is 76.6 Å². The van der Waals surface area contributed by atoms with Crippen LogP contribution in [0.1, 0.15) is 65.5 Å². The first kappa shape index (κ1) is 27.5. The second kappa shape index (κ2) is 11.2. The van der Waals surface area contributed by atoms with E-state index in [9.17, 15) is 9.59 Å². The molecule has 0 radical (unpaired) electrons. The summed E-state index contributed by atoms with van der Waals surface area (Å²) in [7, 11) is 2.21. The van der Waals surface area contributed by atoms with Gasteiger partial charge in [-0.25, -0.2) is 0 Å². The number of nitrogens with one attached hydrogen (secondary N) is 2. The Morgan fingerprint density at radius 1 is 1.00 bits per heavy atom. The van der Waals surface area contributed by atoms with Crippen molar-refractivity contribution in [2.45, 2.75) is 66.1 Å². The minimum atomic E-state index is -0.142. The highest BCUT2D eigenvalue weighted by Gasteiger charge is 2.28. The second-order valence-electron chi connectivity index (χ2n) is 11.9. The van der Waals surface area contributed by atoms with Crippen LogP contribution in [-0.2, 0) is 6.54 Å². The summed E-state index contributed by atoms with van der Waals surface area (Å²) in [5, 5.41) is 4.05. The van der Waals surface area contributed by atoms with E-state index in [0.29, 0.717) is 17.2 Å². The number of hydrogen-bond donors (Lipinski definition) is 2. The number of pyridine rings is 1. The van der Waals surface area contributed by atoms with Crippen LogP contribution in [0.15, 0.2) is 29.2 Å². The smallest absolute Gasteiger partial charge is 0.253 e. The molecule has 2 aliphatic heterocycles. The van der Waals surface area contributed by atoms with Crippen LogP contribution in [0.2, 0.25) is 0 Å². The molecule has 8 heteroatoms. The maximum absolute atomic E-state index is 13.7. The number of amides is 1. The van der Waals surface area contributed by atoms with Crippen LogP contribution in [0.25, 0.3) is 10.9 Å². The number of aromatic amines is 1. The molecule has 4 heterocycles. The molecule has 2 aliphatic rings. The average Bonchev–Trinajstić information content (AvgIpc) is 3.24. The fraction of sp³-hybridized carbons (Fsp3) is 0.548. The van der Waals surface area contributed by atoms with Crippen molar-refractivity contribution in [1.29, 1.82) is 0 Å². The third-order valence-corrected chi connectivity index (χ3v) is 8.71. The summed E-state index contributed by atoms with van der Waals surface area (Å²) in [5.74, 6) is -0.141. The maximum atomic E-state index is 13.7. The molecule has 2 aromatic heterocycles. The van der Waals surface area contributed by atoms with E-state index in [0.717, 1.165) is 85.5 Å². The number of aromatic nitrogens is 2. The fourth-order valence-corrected chi connectivity index (χ4v) is 6.40. The largest absolute Gasteiger partial charge is 0.371 e. The van der Waals surface area contributed by atoms with E-state index in [1.165, 1.54) is 0 Å². The summed E-state index contributed by atoms with van der Waals surface area (Å²) in [5.41, 5.74) is 6.14. The first-order valence-electron chi connectivity index (χ1n) is 14.4. The van der Waals surface area contributed by atoms with Crippen molar-refractivity contribution in [2.24, 2.45) is 0 Å². The number of anilines is 1. The number of rotatable bonds is 6. The number of aryl methyl sites for hydroxylation is 3. The number of likely N-dealkylation sites (N-methyl/N-ethyl adjacent to an activating group) is 1. The van der Waals surface area contributed by atoms with Gasteiger partial charge in [0.2, 0.25) is 0 Å². The van der Waals surface area contributed by atoms with Gasteiger partial charge in [0.25, 0.3) is 11.5 Å². The normalized spacial score (nSPS) is 17.9. The van der Waals surface area contributed by atoms with Crippen molar-refractivity contribution in [3.05, 3.63) is 62.7 Å². The highest BCUT2D eigenvalue weighted by atomic mass is 16.1. The number of benzene rings is 1. The van der Waals surface area contributed by atoms with E-state index >= 15 is 0 Å². The van der Waals surface area contributed by atoms with Gasteiger partial charge in [0.1, 0.15) is 0 Å². The molecule has 0 bridgehead atoms. The van der Waals surface area contributed by atoms with Crippen LogP contribution < -0.4 is 15.8 Å². The lowest BCUT2D eigenvalue weighted by Gasteiger charge is -2.42. The zero-order valence-corrected chi connectivity index (χ0v) is 24.4. The van der Waals surface area contributed by atoms with Crippen LogP contribution in [0.4, 0.5) is 5.69 Å². The summed E-state index contributed by atoms with van der Waals surface area (Å²) in [6.07, 6.45) is 4.44. The molecule has 3 aromatic rings. The van der Waals surface area contributed by atoms with Gasteiger partial charge in [-0.3, -0.25) is 14.5 Å². The Morgan fingerprint density at radius 2 is 1.69 bits per heavy atom. The molecular weight excluding hydrogens is 488 g/mol. The van der Waals surface area contributed by atoms with Gasteiger partial charge in [-0.05, 0) is 83.8 Å². The number of piperidine rings is 1. The lowest BCUT2D eigenvalue weighted by atomic mass is 9.99. The van der Waals surface area contributed by atoms with Crippen LogP contribution in [-0.4, -0.2) is 77.6 Å². The molecule has 2 saturated heterocycles. The molecule has 1 aromatic carbocycles. The Balaban J connectivity index is 1.41. The molecule has 1 amide bonds. The molecule has 8 nitrogen and oxygen atoms in total. The number of carbonyl (C=O) groups is 1. The molecule has 0 spiro atoms. The number of piperazine rings is 1. The van der Waals surface area contributed by atoms with Gasteiger partial charge in [-0.1, -0.05) is 0 Å². The first-order chi connectivity index (χ1) is 18.6. The van der Waals surface area contributed by atoms with Gasteiger partial charge >= 0.3 is 0 Å². The van der Waals surface area contributed by atoms with E-state index in [1.807, 2.05) is 19.9 Å². The molecule has 39 heavy (non-hydrogen) atoms. The van der Waals surface area contributed by atoms with Gasteiger partial charge in [-0.2, -0.15) is 0 Å². The number of hydrogen-bond acceptors (Lipinski definition) is 5. The number of fused-ring (bicyclic) bond motifs is 1. The third-order valence-electron chi connectivity index (χ3n) is 8.71. The van der Waals surface area contributed by atoms with E-state index < -0.39 is 0 Å². The third kappa shape index (κ3) is 5.63. The predicted molar refractivity (Wildman–Crippen MR) is 159 cm³/mol. The second-order valence-corrected chi connectivity index (χ2v) is 11.9. The van der Waals surface area contributed by atoms with E-state index in [-0.39, 0.29) is 24.1 Å². The Kier molecular flexibility index (Phi) is 7.87. The number of nitrogens with zero attached hydrogens (tertiary/aromatic N) is 4. The Morgan fingerprint density at radius 3 is 2.33 bits per heavy atom. The van der Waals surface area contributed by atoms with E-state index in [1.54, 1.807) is 0 Å². The molecule has 0 aliphatic carbocycles. The van der Waals surface area contributed by atoms with Crippen molar-refractivity contribution in [3.8, 4) is 0 Å². The number of carbonyl (C=O) groups excluding carboxylic acids is 1. The lowest BCUT2D eigenvalue weighted by Crippen LogP contribution is -2.52. The van der Waals surface area contributed by atoms with Gasteiger partial charge < -0.3 is 24.7 Å². The zero-order valence-electron chi connectivity index (χ0n) is 24.4. The van der Waals surface area contributed by atoms with Crippen molar-refractivity contribution >= 4 is 22.5 Å².